The first kappa shape index (κ1) is 13.7. The van der Waals surface area contributed by atoms with Crippen LogP contribution in [0.2, 0.25) is 5.02 Å². The summed E-state index contributed by atoms with van der Waals surface area (Å²) in [5.41, 5.74) is 1.17. The minimum atomic E-state index is 0.724. The molecule has 1 aromatic carbocycles. The molecule has 3 nitrogen and oxygen atoms in total. The van der Waals surface area contributed by atoms with Gasteiger partial charge in [0.05, 0.1) is 0 Å². The molecule has 1 saturated heterocycles. The van der Waals surface area contributed by atoms with Crippen LogP contribution in [0.3, 0.4) is 0 Å². The second kappa shape index (κ2) is 6.98. The van der Waals surface area contributed by atoms with Crippen molar-refractivity contribution >= 4 is 11.6 Å². The monoisotopic (exact) mass is 268 g/mol. The van der Waals surface area contributed by atoms with Gasteiger partial charge in [0.25, 0.3) is 0 Å². The zero-order valence-electron chi connectivity index (χ0n) is 10.9. The minimum absolute atomic E-state index is 0.724. The van der Waals surface area contributed by atoms with Crippen molar-refractivity contribution in [3.63, 3.8) is 0 Å². The van der Waals surface area contributed by atoms with Gasteiger partial charge in [-0.15, -0.1) is 0 Å². The van der Waals surface area contributed by atoms with Gasteiger partial charge in [-0.05, 0) is 24.1 Å². The summed E-state index contributed by atoms with van der Waals surface area (Å²) < 4.78 is 5.74. The Morgan fingerprint density at radius 2 is 2.11 bits per heavy atom. The molecule has 0 amide bonds. The summed E-state index contributed by atoms with van der Waals surface area (Å²) in [6, 6.07) is 5.96. The number of rotatable bonds is 5. The highest BCUT2D eigenvalue weighted by Crippen LogP contribution is 2.22. The van der Waals surface area contributed by atoms with Crippen molar-refractivity contribution in [3.05, 3.63) is 28.8 Å². The summed E-state index contributed by atoms with van der Waals surface area (Å²) in [5, 5.41) is 4.15. The van der Waals surface area contributed by atoms with E-state index in [0.717, 1.165) is 56.5 Å². The number of nitrogens with one attached hydrogen (secondary N) is 1. The molecule has 1 N–H and O–H groups in total. The van der Waals surface area contributed by atoms with E-state index in [1.807, 2.05) is 18.2 Å². The maximum Gasteiger partial charge on any atom is 0.120 e. The lowest BCUT2D eigenvalue weighted by atomic mass is 10.2. The Bertz CT molecular complexity index is 378. The first-order valence-corrected chi connectivity index (χ1v) is 7.01. The van der Waals surface area contributed by atoms with Gasteiger partial charge in [-0.25, -0.2) is 0 Å². The molecule has 0 aliphatic carbocycles. The number of nitrogens with zero attached hydrogens (tertiary/aromatic N) is 1. The molecule has 1 aliphatic rings. The highest BCUT2D eigenvalue weighted by molar-refractivity contribution is 6.31. The van der Waals surface area contributed by atoms with Crippen LogP contribution in [-0.4, -0.2) is 44.2 Å². The van der Waals surface area contributed by atoms with Gasteiger partial charge in [0.15, 0.2) is 0 Å². The SMILES string of the molecule is CCc1ccc(OCCN2CCNCC2)cc1Cl. The molecular formula is C14H21ClN2O. The van der Waals surface area contributed by atoms with Crippen molar-refractivity contribution in [2.24, 2.45) is 0 Å². The summed E-state index contributed by atoms with van der Waals surface area (Å²) >= 11 is 6.16. The molecule has 0 bridgehead atoms. The van der Waals surface area contributed by atoms with E-state index in [0.29, 0.717) is 0 Å². The molecule has 18 heavy (non-hydrogen) atoms. The average molecular weight is 269 g/mol. The second-order valence-corrected chi connectivity index (χ2v) is 4.95. The fraction of sp³-hybridized carbons (Fsp3) is 0.571. The minimum Gasteiger partial charge on any atom is -0.492 e. The topological polar surface area (TPSA) is 24.5 Å². The molecule has 1 aliphatic heterocycles. The fourth-order valence-electron chi connectivity index (χ4n) is 2.13. The lowest BCUT2D eigenvalue weighted by molar-refractivity contribution is 0.191. The van der Waals surface area contributed by atoms with Gasteiger partial charge in [0.1, 0.15) is 12.4 Å². The van der Waals surface area contributed by atoms with E-state index < -0.39 is 0 Å². The number of benzene rings is 1. The Morgan fingerprint density at radius 1 is 1.33 bits per heavy atom. The summed E-state index contributed by atoms with van der Waals surface area (Å²) in [4.78, 5) is 2.42. The molecule has 4 heteroatoms. The van der Waals surface area contributed by atoms with E-state index >= 15 is 0 Å². The number of halogens is 1. The predicted octanol–water partition coefficient (Wildman–Crippen LogP) is 2.19. The predicted molar refractivity (Wildman–Crippen MR) is 75.6 cm³/mol. The molecule has 1 heterocycles. The number of hydrogen-bond donors (Lipinski definition) is 1. The van der Waals surface area contributed by atoms with E-state index in [4.69, 9.17) is 16.3 Å². The van der Waals surface area contributed by atoms with Gasteiger partial charge < -0.3 is 10.1 Å². The van der Waals surface area contributed by atoms with Crippen LogP contribution >= 0.6 is 11.6 Å². The standard InChI is InChI=1S/C14H21ClN2O/c1-2-12-3-4-13(11-14(12)15)18-10-9-17-7-5-16-6-8-17/h3-4,11,16H,2,5-10H2,1H3. The molecule has 0 aromatic heterocycles. The maximum atomic E-state index is 6.16. The molecule has 0 unspecified atom stereocenters. The van der Waals surface area contributed by atoms with E-state index in [1.54, 1.807) is 0 Å². The van der Waals surface area contributed by atoms with Gasteiger partial charge >= 0.3 is 0 Å². The lowest BCUT2D eigenvalue weighted by Crippen LogP contribution is -2.44. The van der Waals surface area contributed by atoms with Crippen LogP contribution < -0.4 is 10.1 Å². The third-order valence-electron chi connectivity index (χ3n) is 3.29. The fourth-order valence-corrected chi connectivity index (χ4v) is 2.44. The van der Waals surface area contributed by atoms with Gasteiger partial charge in [-0.2, -0.15) is 0 Å². The van der Waals surface area contributed by atoms with E-state index in [-0.39, 0.29) is 0 Å². The van der Waals surface area contributed by atoms with E-state index in [2.05, 4.69) is 17.1 Å². The van der Waals surface area contributed by atoms with Gasteiger partial charge in [-0.3, -0.25) is 4.90 Å². The van der Waals surface area contributed by atoms with Crippen molar-refractivity contribution in [2.75, 3.05) is 39.3 Å². The Balaban J connectivity index is 1.77. The van der Waals surface area contributed by atoms with Crippen LogP contribution in [0.25, 0.3) is 0 Å². The van der Waals surface area contributed by atoms with Crippen LogP contribution in [-0.2, 0) is 6.42 Å². The molecule has 1 aromatic rings. The van der Waals surface area contributed by atoms with E-state index in [9.17, 15) is 0 Å². The smallest absolute Gasteiger partial charge is 0.120 e. The molecule has 0 atom stereocenters. The number of aryl methyl sites for hydroxylation is 1. The van der Waals surface area contributed by atoms with Crippen LogP contribution in [0.4, 0.5) is 0 Å². The van der Waals surface area contributed by atoms with Gasteiger partial charge in [-0.1, -0.05) is 24.6 Å². The van der Waals surface area contributed by atoms with E-state index in [1.165, 1.54) is 5.56 Å². The molecule has 100 valence electrons. The molecule has 0 radical (unpaired) electrons. The van der Waals surface area contributed by atoms with Crippen LogP contribution in [0.15, 0.2) is 18.2 Å². The normalized spacial score (nSPS) is 16.8. The van der Waals surface area contributed by atoms with Crippen molar-refractivity contribution in [2.45, 2.75) is 13.3 Å². The molecule has 0 saturated carbocycles. The Hall–Kier alpha value is -0.770. The van der Waals surface area contributed by atoms with Crippen molar-refractivity contribution in [1.29, 1.82) is 0 Å². The quantitative estimate of drug-likeness (QED) is 0.886. The first-order chi connectivity index (χ1) is 8.79. The molecule has 2 rings (SSSR count). The van der Waals surface area contributed by atoms with Crippen molar-refractivity contribution in [3.8, 4) is 5.75 Å². The zero-order chi connectivity index (χ0) is 12.8. The number of ether oxygens (including phenoxy) is 1. The summed E-state index contributed by atoms with van der Waals surface area (Å²) in [7, 11) is 0. The highest BCUT2D eigenvalue weighted by Gasteiger charge is 2.09. The van der Waals surface area contributed by atoms with Crippen LogP contribution in [0.5, 0.6) is 5.75 Å². The molecule has 1 fully saturated rings. The Morgan fingerprint density at radius 3 is 2.78 bits per heavy atom. The second-order valence-electron chi connectivity index (χ2n) is 4.55. The lowest BCUT2D eigenvalue weighted by Gasteiger charge is -2.26. The zero-order valence-corrected chi connectivity index (χ0v) is 11.7. The largest absolute Gasteiger partial charge is 0.492 e. The van der Waals surface area contributed by atoms with Gasteiger partial charge in [0.2, 0.25) is 0 Å². The van der Waals surface area contributed by atoms with Crippen LogP contribution in [0.1, 0.15) is 12.5 Å². The number of hydrogen-bond acceptors (Lipinski definition) is 3. The Kier molecular flexibility index (Phi) is 5.29. The average Bonchev–Trinajstić information content (AvgIpc) is 2.40. The first-order valence-electron chi connectivity index (χ1n) is 6.64. The van der Waals surface area contributed by atoms with Crippen molar-refractivity contribution < 1.29 is 4.74 Å². The third-order valence-corrected chi connectivity index (χ3v) is 3.64. The number of piperazine rings is 1. The summed E-state index contributed by atoms with van der Waals surface area (Å²) in [6.07, 6.45) is 0.958. The maximum absolute atomic E-state index is 6.16. The molecular weight excluding hydrogens is 248 g/mol. The van der Waals surface area contributed by atoms with Crippen LogP contribution in [0, 0.1) is 0 Å². The molecule has 0 spiro atoms. The van der Waals surface area contributed by atoms with Crippen molar-refractivity contribution in [1.82, 2.24) is 10.2 Å². The highest BCUT2D eigenvalue weighted by atomic mass is 35.5. The third kappa shape index (κ3) is 3.87. The Labute approximate surface area is 114 Å². The van der Waals surface area contributed by atoms with Gasteiger partial charge in [0, 0.05) is 37.7 Å². The summed E-state index contributed by atoms with van der Waals surface area (Å²) in [5.74, 6) is 0.868. The summed E-state index contributed by atoms with van der Waals surface area (Å²) in [6.45, 7) is 8.19.